The molecule has 178 valence electrons. The molecule has 0 saturated heterocycles. The largest absolute Gasteiger partial charge is 0.507 e. The van der Waals surface area contributed by atoms with Crippen molar-refractivity contribution in [3.63, 3.8) is 0 Å². The molecule has 2 aliphatic rings. The number of likely N-dealkylation sites (N-methyl/N-ethyl adjacent to an activating group) is 1. The Kier molecular flexibility index (Phi) is 6.19. The van der Waals surface area contributed by atoms with Gasteiger partial charge in [-0.2, -0.15) is 0 Å². The SMILES string of the molecule is CC[N+](C)(CC)CCN/C(C)=C1\C(=O)C=C2Oc3c(C(C)=O)c(O)c(C)c(O)c3[C@]2(C)C1=O. The summed E-state index contributed by atoms with van der Waals surface area (Å²) >= 11 is 0. The number of allylic oxidation sites excluding steroid dienone is 4. The van der Waals surface area contributed by atoms with Gasteiger partial charge in [0.25, 0.3) is 0 Å². The topological polar surface area (TPSA) is 113 Å². The highest BCUT2D eigenvalue weighted by atomic mass is 16.5. The number of phenols is 2. The number of fused-ring (bicyclic) bond motifs is 3. The Hall–Kier alpha value is -3.13. The summed E-state index contributed by atoms with van der Waals surface area (Å²) in [6.07, 6.45) is 1.23. The van der Waals surface area contributed by atoms with Crippen LogP contribution in [0.4, 0.5) is 0 Å². The summed E-state index contributed by atoms with van der Waals surface area (Å²) in [7, 11) is 2.15. The van der Waals surface area contributed by atoms with Crippen molar-refractivity contribution in [2.24, 2.45) is 0 Å². The Morgan fingerprint density at radius 2 is 1.76 bits per heavy atom. The maximum atomic E-state index is 13.7. The third-order valence-electron chi connectivity index (χ3n) is 7.33. The molecule has 0 aromatic heterocycles. The highest BCUT2D eigenvalue weighted by Crippen LogP contribution is 2.57. The molecule has 0 fully saturated rings. The fraction of sp³-hybridized carbons (Fsp3) is 0.480. The van der Waals surface area contributed by atoms with Crippen LogP contribution in [0.5, 0.6) is 17.2 Å². The van der Waals surface area contributed by atoms with Gasteiger partial charge in [0.1, 0.15) is 34.0 Å². The van der Waals surface area contributed by atoms with Crippen LogP contribution in [0.15, 0.2) is 23.1 Å². The zero-order chi connectivity index (χ0) is 24.9. The second-order valence-corrected chi connectivity index (χ2v) is 9.29. The predicted octanol–water partition coefficient (Wildman–Crippen LogP) is 2.64. The van der Waals surface area contributed by atoms with Crippen LogP contribution >= 0.6 is 0 Å². The lowest BCUT2D eigenvalue weighted by atomic mass is 9.70. The highest BCUT2D eigenvalue weighted by molar-refractivity contribution is 6.31. The predicted molar refractivity (Wildman–Crippen MR) is 123 cm³/mol. The first-order chi connectivity index (χ1) is 15.3. The van der Waals surface area contributed by atoms with Crippen molar-refractivity contribution >= 4 is 17.3 Å². The third kappa shape index (κ3) is 3.62. The van der Waals surface area contributed by atoms with Gasteiger partial charge < -0.3 is 24.7 Å². The van der Waals surface area contributed by atoms with Crippen LogP contribution in [0.3, 0.4) is 0 Å². The molecule has 0 amide bonds. The Bertz CT molecular complexity index is 1130. The first kappa shape index (κ1) is 24.5. The summed E-state index contributed by atoms with van der Waals surface area (Å²) in [5, 5.41) is 24.5. The minimum atomic E-state index is -1.49. The minimum absolute atomic E-state index is 0.00518. The van der Waals surface area contributed by atoms with E-state index in [0.29, 0.717) is 12.2 Å². The lowest BCUT2D eigenvalue weighted by Gasteiger charge is -2.32. The number of aromatic hydroxyl groups is 2. The fourth-order valence-corrected chi connectivity index (χ4v) is 4.50. The summed E-state index contributed by atoms with van der Waals surface area (Å²) in [6.45, 7) is 13.6. The Morgan fingerprint density at radius 3 is 2.30 bits per heavy atom. The van der Waals surface area contributed by atoms with Crippen LogP contribution in [0, 0.1) is 6.92 Å². The van der Waals surface area contributed by atoms with Gasteiger partial charge in [0.05, 0.1) is 44.4 Å². The molecule has 0 spiro atoms. The van der Waals surface area contributed by atoms with Gasteiger partial charge in [0.2, 0.25) is 0 Å². The van der Waals surface area contributed by atoms with Gasteiger partial charge in [0, 0.05) is 17.3 Å². The van der Waals surface area contributed by atoms with E-state index in [4.69, 9.17) is 4.74 Å². The van der Waals surface area contributed by atoms with Crippen LogP contribution in [0.25, 0.3) is 0 Å². The number of ketones is 3. The van der Waals surface area contributed by atoms with Gasteiger partial charge in [0.15, 0.2) is 17.3 Å². The maximum Gasteiger partial charge on any atom is 0.194 e. The summed E-state index contributed by atoms with van der Waals surface area (Å²) in [4.78, 5) is 38.9. The van der Waals surface area contributed by atoms with Crippen LogP contribution in [0.1, 0.15) is 56.1 Å². The standard InChI is InChI=1S/C25H32N2O6/c1-8-27(7,9-2)11-10-26-14(4)18-16(29)12-17-25(6,24(18)32)20-22(31)13(3)21(30)19(15(5)28)23(20)33-17/h12H,8-11H2,1-7H3,(H2-,26,28,29,30,31,32)/p+1/t25-/m1/s1. The lowest BCUT2D eigenvalue weighted by molar-refractivity contribution is -0.904. The normalized spacial score (nSPS) is 21.2. The van der Waals surface area contributed by atoms with Crippen molar-refractivity contribution in [3.8, 4) is 17.2 Å². The molecule has 1 heterocycles. The number of benzene rings is 1. The third-order valence-corrected chi connectivity index (χ3v) is 7.33. The Morgan fingerprint density at radius 1 is 1.15 bits per heavy atom. The summed E-state index contributed by atoms with van der Waals surface area (Å²) < 4.78 is 6.63. The van der Waals surface area contributed by atoms with E-state index < -0.39 is 28.5 Å². The number of phenolic OH excluding ortho intramolecular Hbond substituents is 2. The smallest absolute Gasteiger partial charge is 0.194 e. The van der Waals surface area contributed by atoms with Gasteiger partial charge in [-0.05, 0) is 41.5 Å². The average molecular weight is 458 g/mol. The maximum absolute atomic E-state index is 13.7. The summed E-state index contributed by atoms with van der Waals surface area (Å²) in [5.74, 6) is -2.27. The average Bonchev–Trinajstić information content (AvgIpc) is 3.05. The number of quaternary nitrogens is 1. The molecule has 33 heavy (non-hydrogen) atoms. The number of ether oxygens (including phenoxy) is 1. The van der Waals surface area contributed by atoms with E-state index in [1.807, 2.05) is 0 Å². The first-order valence-corrected chi connectivity index (χ1v) is 11.2. The van der Waals surface area contributed by atoms with E-state index >= 15 is 0 Å². The van der Waals surface area contributed by atoms with Crippen molar-refractivity contribution < 1.29 is 33.8 Å². The quantitative estimate of drug-likeness (QED) is 0.250. The lowest BCUT2D eigenvalue weighted by Crippen LogP contribution is -2.48. The van der Waals surface area contributed by atoms with Crippen LogP contribution in [-0.4, -0.2) is 65.3 Å². The molecule has 1 atom stereocenters. The van der Waals surface area contributed by atoms with Crippen LogP contribution in [0.2, 0.25) is 0 Å². The molecular weight excluding hydrogens is 424 g/mol. The molecule has 3 N–H and O–H groups in total. The number of nitrogens with zero attached hydrogens (tertiary/aromatic N) is 1. The fourth-order valence-electron chi connectivity index (χ4n) is 4.50. The van der Waals surface area contributed by atoms with E-state index in [-0.39, 0.29) is 39.5 Å². The molecule has 1 aromatic carbocycles. The molecule has 8 nitrogen and oxygen atoms in total. The molecule has 3 rings (SSSR count). The van der Waals surface area contributed by atoms with Crippen LogP contribution in [-0.2, 0) is 15.0 Å². The molecule has 1 aliphatic heterocycles. The Balaban J connectivity index is 2.09. The van der Waals surface area contributed by atoms with Gasteiger partial charge in [-0.15, -0.1) is 0 Å². The number of carbonyl (C=O) groups excluding carboxylic acids is 3. The highest BCUT2D eigenvalue weighted by Gasteiger charge is 2.56. The molecule has 1 aromatic rings. The van der Waals surface area contributed by atoms with Crippen molar-refractivity contribution in [1.82, 2.24) is 5.32 Å². The first-order valence-electron chi connectivity index (χ1n) is 11.2. The molecule has 0 saturated carbocycles. The number of hydrogen-bond acceptors (Lipinski definition) is 7. The minimum Gasteiger partial charge on any atom is -0.507 e. The molecule has 0 bridgehead atoms. The van der Waals surface area contributed by atoms with E-state index in [1.165, 1.54) is 19.9 Å². The molecular formula is C25H33N2O6+. The summed E-state index contributed by atoms with van der Waals surface area (Å²) in [6, 6.07) is 0. The number of rotatable bonds is 7. The van der Waals surface area contributed by atoms with E-state index in [0.717, 1.165) is 24.1 Å². The number of hydrogen-bond donors (Lipinski definition) is 3. The van der Waals surface area contributed by atoms with Gasteiger partial charge in [-0.3, -0.25) is 14.4 Å². The number of nitrogens with one attached hydrogen (secondary N) is 1. The zero-order valence-electron chi connectivity index (χ0n) is 20.4. The zero-order valence-corrected chi connectivity index (χ0v) is 20.4. The van der Waals surface area contributed by atoms with Gasteiger partial charge in [-0.25, -0.2) is 0 Å². The molecule has 0 unspecified atom stereocenters. The molecule has 0 radical (unpaired) electrons. The molecule has 1 aliphatic carbocycles. The van der Waals surface area contributed by atoms with E-state index in [9.17, 15) is 24.6 Å². The Labute approximate surface area is 194 Å². The second kappa shape index (κ2) is 8.33. The van der Waals surface area contributed by atoms with Crippen molar-refractivity contribution in [1.29, 1.82) is 0 Å². The number of carbonyl (C=O) groups is 3. The van der Waals surface area contributed by atoms with Crippen molar-refractivity contribution in [2.75, 3.05) is 33.2 Å². The monoisotopic (exact) mass is 457 g/mol. The van der Waals surface area contributed by atoms with Crippen LogP contribution < -0.4 is 10.1 Å². The molecule has 8 heteroatoms. The van der Waals surface area contributed by atoms with Crippen molar-refractivity contribution in [3.05, 3.63) is 39.8 Å². The summed E-state index contributed by atoms with van der Waals surface area (Å²) in [5.41, 5.74) is -0.992. The second-order valence-electron chi connectivity index (χ2n) is 9.29. The number of Topliss-reactive ketones (excluding diaryl/α,β-unsaturated/α-hetero) is 2. The van der Waals surface area contributed by atoms with Gasteiger partial charge in [-0.1, -0.05) is 0 Å². The van der Waals surface area contributed by atoms with E-state index in [1.54, 1.807) is 13.8 Å². The van der Waals surface area contributed by atoms with E-state index in [2.05, 4.69) is 26.2 Å². The van der Waals surface area contributed by atoms with Crippen molar-refractivity contribution in [2.45, 2.75) is 47.0 Å². The van der Waals surface area contributed by atoms with Gasteiger partial charge >= 0.3 is 0 Å².